The molecule has 0 spiro atoms. The number of urea groups is 1. The van der Waals surface area contributed by atoms with E-state index in [9.17, 15) is 9.90 Å². The number of nitrogens with zero attached hydrogens (tertiary/aromatic N) is 2. The highest BCUT2D eigenvalue weighted by atomic mass is 16.3. The standard InChI is InChI=1S/C15H26N4O2/c1-4-5-15(6-7-15)11-17-13(20)16-10-14(2,21)12-8-18-19(3)9-12/h8-9,21H,4-7,10-11H2,1-3H3,(H2,16,17,20). The zero-order chi connectivity index (χ0) is 15.5. The number of aryl methyl sites for hydroxylation is 1. The van der Waals surface area contributed by atoms with Crippen molar-refractivity contribution in [3.05, 3.63) is 18.0 Å². The molecular formula is C15H26N4O2. The molecule has 1 atom stereocenters. The fourth-order valence-electron chi connectivity index (χ4n) is 2.61. The van der Waals surface area contributed by atoms with Gasteiger partial charge in [0.05, 0.1) is 12.7 Å². The van der Waals surface area contributed by atoms with E-state index in [0.717, 1.165) is 13.0 Å². The number of hydrogen-bond acceptors (Lipinski definition) is 3. The van der Waals surface area contributed by atoms with E-state index >= 15 is 0 Å². The van der Waals surface area contributed by atoms with E-state index in [1.165, 1.54) is 19.3 Å². The van der Waals surface area contributed by atoms with E-state index < -0.39 is 5.60 Å². The molecule has 118 valence electrons. The van der Waals surface area contributed by atoms with E-state index in [0.29, 0.717) is 11.0 Å². The molecule has 1 unspecified atom stereocenters. The maximum absolute atomic E-state index is 11.9. The second-order valence-corrected chi connectivity index (χ2v) is 6.46. The summed E-state index contributed by atoms with van der Waals surface area (Å²) in [6.45, 7) is 4.72. The van der Waals surface area contributed by atoms with Crippen molar-refractivity contribution in [1.82, 2.24) is 20.4 Å². The molecule has 2 amide bonds. The number of amides is 2. The van der Waals surface area contributed by atoms with Crippen LogP contribution in [0.4, 0.5) is 4.79 Å². The van der Waals surface area contributed by atoms with Crippen molar-refractivity contribution in [1.29, 1.82) is 0 Å². The molecule has 1 aromatic rings. The first-order valence-corrected chi connectivity index (χ1v) is 7.60. The highest BCUT2D eigenvalue weighted by molar-refractivity contribution is 5.74. The van der Waals surface area contributed by atoms with E-state index in [-0.39, 0.29) is 12.6 Å². The summed E-state index contributed by atoms with van der Waals surface area (Å²) in [5.74, 6) is 0. The Bertz CT molecular complexity index is 492. The van der Waals surface area contributed by atoms with Gasteiger partial charge >= 0.3 is 6.03 Å². The lowest BCUT2D eigenvalue weighted by molar-refractivity contribution is 0.0592. The van der Waals surface area contributed by atoms with Crippen LogP contribution in [0.3, 0.4) is 0 Å². The van der Waals surface area contributed by atoms with Gasteiger partial charge in [0.1, 0.15) is 5.60 Å². The SMILES string of the molecule is CCCC1(CNC(=O)NCC(C)(O)c2cnn(C)c2)CC1. The molecule has 1 fully saturated rings. The van der Waals surface area contributed by atoms with E-state index in [2.05, 4.69) is 22.7 Å². The Kier molecular flexibility index (Phi) is 4.56. The largest absolute Gasteiger partial charge is 0.383 e. The van der Waals surface area contributed by atoms with Crippen molar-refractivity contribution in [2.45, 2.75) is 45.1 Å². The molecule has 1 aliphatic rings. The zero-order valence-corrected chi connectivity index (χ0v) is 13.1. The van der Waals surface area contributed by atoms with Gasteiger partial charge in [0.2, 0.25) is 0 Å². The summed E-state index contributed by atoms with van der Waals surface area (Å²) in [4.78, 5) is 11.9. The first-order valence-electron chi connectivity index (χ1n) is 7.60. The predicted octanol–water partition coefficient (Wildman–Crippen LogP) is 1.51. The average Bonchev–Trinajstić information content (AvgIpc) is 3.05. The number of carbonyl (C=O) groups excluding carboxylic acids is 1. The van der Waals surface area contributed by atoms with Crippen LogP contribution in [0.25, 0.3) is 0 Å². The van der Waals surface area contributed by atoms with Crippen molar-refractivity contribution in [3.63, 3.8) is 0 Å². The number of rotatable bonds is 7. The summed E-state index contributed by atoms with van der Waals surface area (Å²) in [5.41, 5.74) is -0.0977. The summed E-state index contributed by atoms with van der Waals surface area (Å²) in [7, 11) is 1.79. The number of nitrogens with one attached hydrogen (secondary N) is 2. The Morgan fingerprint density at radius 2 is 2.24 bits per heavy atom. The molecule has 1 saturated carbocycles. The van der Waals surface area contributed by atoms with Crippen molar-refractivity contribution in [3.8, 4) is 0 Å². The summed E-state index contributed by atoms with van der Waals surface area (Å²) >= 11 is 0. The molecule has 6 heteroatoms. The van der Waals surface area contributed by atoms with Gasteiger partial charge in [0, 0.05) is 25.4 Å². The highest BCUT2D eigenvalue weighted by Crippen LogP contribution is 2.48. The Morgan fingerprint density at radius 1 is 1.52 bits per heavy atom. The first-order chi connectivity index (χ1) is 9.87. The second-order valence-electron chi connectivity index (χ2n) is 6.46. The normalized spacial score (nSPS) is 18.9. The minimum atomic E-state index is -1.12. The second kappa shape index (κ2) is 6.05. The zero-order valence-electron chi connectivity index (χ0n) is 13.1. The van der Waals surface area contributed by atoms with Crippen LogP contribution in [0.2, 0.25) is 0 Å². The fourth-order valence-corrected chi connectivity index (χ4v) is 2.61. The third kappa shape index (κ3) is 4.20. The molecule has 1 heterocycles. The molecule has 0 radical (unpaired) electrons. The molecule has 0 bridgehead atoms. The highest BCUT2D eigenvalue weighted by Gasteiger charge is 2.41. The van der Waals surface area contributed by atoms with Crippen LogP contribution in [0.1, 0.15) is 45.1 Å². The van der Waals surface area contributed by atoms with Gasteiger partial charge in [-0.1, -0.05) is 13.3 Å². The lowest BCUT2D eigenvalue weighted by atomic mass is 10.00. The molecule has 0 saturated heterocycles. The van der Waals surface area contributed by atoms with Crippen LogP contribution < -0.4 is 10.6 Å². The van der Waals surface area contributed by atoms with Crippen molar-refractivity contribution in [2.75, 3.05) is 13.1 Å². The maximum Gasteiger partial charge on any atom is 0.314 e. The van der Waals surface area contributed by atoms with Gasteiger partial charge in [-0.25, -0.2) is 4.79 Å². The van der Waals surface area contributed by atoms with Gasteiger partial charge in [-0.15, -0.1) is 0 Å². The number of carbonyl (C=O) groups is 1. The molecule has 3 N–H and O–H groups in total. The molecule has 0 aromatic carbocycles. The van der Waals surface area contributed by atoms with Gasteiger partial charge in [0.25, 0.3) is 0 Å². The lowest BCUT2D eigenvalue weighted by Gasteiger charge is -2.23. The summed E-state index contributed by atoms with van der Waals surface area (Å²) in [5, 5.41) is 20.1. The van der Waals surface area contributed by atoms with Crippen LogP contribution in [-0.2, 0) is 12.6 Å². The molecular weight excluding hydrogens is 268 g/mol. The first kappa shape index (κ1) is 15.8. The van der Waals surface area contributed by atoms with Crippen LogP contribution >= 0.6 is 0 Å². The third-order valence-corrected chi connectivity index (χ3v) is 4.28. The lowest BCUT2D eigenvalue weighted by Crippen LogP contribution is -2.44. The molecule has 6 nitrogen and oxygen atoms in total. The number of hydrogen-bond donors (Lipinski definition) is 3. The third-order valence-electron chi connectivity index (χ3n) is 4.28. The van der Waals surface area contributed by atoms with Crippen LogP contribution in [-0.4, -0.2) is 34.0 Å². The molecule has 1 aliphatic carbocycles. The van der Waals surface area contributed by atoms with Gasteiger partial charge in [-0.05, 0) is 31.6 Å². The van der Waals surface area contributed by atoms with Gasteiger partial charge in [0.15, 0.2) is 0 Å². The number of aliphatic hydroxyl groups is 1. The quantitative estimate of drug-likeness (QED) is 0.713. The topological polar surface area (TPSA) is 79.2 Å². The van der Waals surface area contributed by atoms with Crippen molar-refractivity contribution >= 4 is 6.03 Å². The molecule has 21 heavy (non-hydrogen) atoms. The summed E-state index contributed by atoms with van der Waals surface area (Å²) < 4.78 is 1.63. The summed E-state index contributed by atoms with van der Waals surface area (Å²) in [6.07, 6.45) is 8.09. The molecule has 0 aliphatic heterocycles. The van der Waals surface area contributed by atoms with E-state index in [4.69, 9.17) is 0 Å². The monoisotopic (exact) mass is 294 g/mol. The van der Waals surface area contributed by atoms with Gasteiger partial charge in [-0.2, -0.15) is 5.10 Å². The minimum Gasteiger partial charge on any atom is -0.383 e. The average molecular weight is 294 g/mol. The Morgan fingerprint density at radius 3 is 2.76 bits per heavy atom. The van der Waals surface area contributed by atoms with Crippen LogP contribution in [0.5, 0.6) is 0 Å². The predicted molar refractivity (Wildman–Crippen MR) is 80.8 cm³/mol. The smallest absolute Gasteiger partial charge is 0.314 e. The van der Waals surface area contributed by atoms with Gasteiger partial charge < -0.3 is 15.7 Å². The van der Waals surface area contributed by atoms with Crippen LogP contribution in [0, 0.1) is 5.41 Å². The fraction of sp³-hybridized carbons (Fsp3) is 0.733. The minimum absolute atomic E-state index is 0.158. The molecule has 1 aromatic heterocycles. The molecule has 2 rings (SSSR count). The van der Waals surface area contributed by atoms with Crippen LogP contribution in [0.15, 0.2) is 12.4 Å². The Hall–Kier alpha value is -1.56. The van der Waals surface area contributed by atoms with Crippen molar-refractivity contribution < 1.29 is 9.90 Å². The van der Waals surface area contributed by atoms with Gasteiger partial charge in [-0.3, -0.25) is 4.68 Å². The van der Waals surface area contributed by atoms with Crippen molar-refractivity contribution in [2.24, 2.45) is 12.5 Å². The Balaban J connectivity index is 1.76. The Labute approximate surface area is 125 Å². The van der Waals surface area contributed by atoms with E-state index in [1.807, 2.05) is 0 Å². The van der Waals surface area contributed by atoms with E-state index in [1.54, 1.807) is 31.0 Å². The number of aromatic nitrogens is 2. The summed E-state index contributed by atoms with van der Waals surface area (Å²) in [6, 6.07) is -0.221. The maximum atomic E-state index is 11.9.